The van der Waals surface area contributed by atoms with Gasteiger partial charge in [-0.3, -0.25) is 19.6 Å². The van der Waals surface area contributed by atoms with Crippen LogP contribution in [0.5, 0.6) is 5.75 Å². The fraction of sp³-hybridized carbons (Fsp3) is 0.0455. The van der Waals surface area contributed by atoms with Crippen LogP contribution in [0, 0.1) is 15.9 Å². The zero-order valence-corrected chi connectivity index (χ0v) is 18.0. The predicted molar refractivity (Wildman–Crippen MR) is 121 cm³/mol. The minimum absolute atomic E-state index is 0.00799. The van der Waals surface area contributed by atoms with E-state index in [2.05, 4.69) is 10.0 Å². The van der Waals surface area contributed by atoms with E-state index in [4.69, 9.17) is 4.74 Å². The van der Waals surface area contributed by atoms with Crippen molar-refractivity contribution >= 4 is 39.1 Å². The SMILES string of the molecule is COc1ccccc1NS(=O)(=O)c1ccc(/C=C/C(=O)Nc2ccc(F)c([N+](=O)[O-])c2)cc1. The van der Waals surface area contributed by atoms with Crippen LogP contribution < -0.4 is 14.8 Å². The van der Waals surface area contributed by atoms with Gasteiger partial charge in [-0.15, -0.1) is 0 Å². The van der Waals surface area contributed by atoms with Gasteiger partial charge in [-0.1, -0.05) is 24.3 Å². The van der Waals surface area contributed by atoms with Crippen LogP contribution in [0.4, 0.5) is 21.5 Å². The van der Waals surface area contributed by atoms with Gasteiger partial charge in [0.2, 0.25) is 11.7 Å². The van der Waals surface area contributed by atoms with Gasteiger partial charge in [0, 0.05) is 17.8 Å². The number of rotatable bonds is 8. The van der Waals surface area contributed by atoms with Crippen LogP contribution in [0.25, 0.3) is 6.08 Å². The summed E-state index contributed by atoms with van der Waals surface area (Å²) in [6, 6.07) is 15.3. The van der Waals surface area contributed by atoms with Gasteiger partial charge in [0.25, 0.3) is 10.0 Å². The highest BCUT2D eigenvalue weighted by atomic mass is 32.2. The monoisotopic (exact) mass is 471 g/mol. The Kier molecular flexibility index (Phi) is 7.04. The van der Waals surface area contributed by atoms with E-state index in [9.17, 15) is 27.7 Å². The van der Waals surface area contributed by atoms with E-state index < -0.39 is 32.4 Å². The third kappa shape index (κ3) is 5.92. The smallest absolute Gasteiger partial charge is 0.306 e. The second kappa shape index (κ2) is 9.92. The number of ether oxygens (including phenoxy) is 1. The van der Waals surface area contributed by atoms with Crippen molar-refractivity contribution in [2.24, 2.45) is 0 Å². The van der Waals surface area contributed by atoms with Crippen molar-refractivity contribution in [3.8, 4) is 5.75 Å². The summed E-state index contributed by atoms with van der Waals surface area (Å²) in [4.78, 5) is 22.0. The van der Waals surface area contributed by atoms with Crippen LogP contribution in [0.1, 0.15) is 5.56 Å². The van der Waals surface area contributed by atoms with E-state index in [-0.39, 0.29) is 10.6 Å². The normalized spacial score (nSPS) is 11.2. The second-order valence-electron chi connectivity index (χ2n) is 6.62. The molecule has 0 saturated carbocycles. The molecule has 33 heavy (non-hydrogen) atoms. The van der Waals surface area contributed by atoms with E-state index in [1.54, 1.807) is 24.3 Å². The third-order valence-corrected chi connectivity index (χ3v) is 5.76. The molecule has 0 bridgehead atoms. The maximum absolute atomic E-state index is 13.4. The molecule has 9 nitrogen and oxygen atoms in total. The number of benzene rings is 3. The van der Waals surface area contributed by atoms with Gasteiger partial charge in [-0.2, -0.15) is 4.39 Å². The lowest BCUT2D eigenvalue weighted by molar-refractivity contribution is -0.387. The summed E-state index contributed by atoms with van der Waals surface area (Å²) < 4.78 is 46.2. The first-order chi connectivity index (χ1) is 15.7. The van der Waals surface area contributed by atoms with Crippen LogP contribution in [-0.2, 0) is 14.8 Å². The van der Waals surface area contributed by atoms with Crippen LogP contribution in [0.15, 0.2) is 77.7 Å². The lowest BCUT2D eigenvalue weighted by Gasteiger charge is -2.11. The molecule has 1 amide bonds. The molecule has 0 radical (unpaired) electrons. The number of amides is 1. The summed E-state index contributed by atoms with van der Waals surface area (Å²) in [7, 11) is -2.44. The summed E-state index contributed by atoms with van der Waals surface area (Å²) in [5, 5.41) is 13.2. The molecule has 0 fully saturated rings. The molecule has 0 aliphatic heterocycles. The van der Waals surface area contributed by atoms with E-state index in [0.29, 0.717) is 17.0 Å². The molecule has 11 heteroatoms. The molecule has 0 spiro atoms. The number of methoxy groups -OCH3 is 1. The van der Waals surface area contributed by atoms with E-state index in [0.717, 1.165) is 18.2 Å². The number of nitro groups is 1. The number of halogens is 1. The fourth-order valence-corrected chi connectivity index (χ4v) is 3.85. The van der Waals surface area contributed by atoms with Crippen molar-refractivity contribution in [1.82, 2.24) is 0 Å². The summed E-state index contributed by atoms with van der Waals surface area (Å²) in [6.07, 6.45) is 2.59. The first kappa shape index (κ1) is 23.4. The quantitative estimate of drug-likeness (QED) is 0.288. The number of carbonyl (C=O) groups is 1. The molecule has 0 aliphatic rings. The average Bonchev–Trinajstić information content (AvgIpc) is 2.79. The lowest BCUT2D eigenvalue weighted by atomic mass is 10.2. The fourth-order valence-electron chi connectivity index (χ4n) is 2.78. The Morgan fingerprint density at radius 2 is 1.79 bits per heavy atom. The van der Waals surface area contributed by atoms with E-state index in [1.165, 1.54) is 43.5 Å². The van der Waals surface area contributed by atoms with Crippen molar-refractivity contribution in [2.75, 3.05) is 17.1 Å². The molecule has 2 N–H and O–H groups in total. The molecule has 3 aromatic carbocycles. The standard InChI is InChI=1S/C22H18FN3O6S/c1-32-21-5-3-2-4-19(21)25-33(30,31)17-10-6-15(7-11-17)8-13-22(27)24-16-9-12-18(23)20(14-16)26(28)29/h2-14,25H,1H3,(H,24,27)/b13-8+. The van der Waals surface area contributed by atoms with Crippen molar-refractivity contribution in [1.29, 1.82) is 0 Å². The van der Waals surface area contributed by atoms with Gasteiger partial charge in [-0.25, -0.2) is 8.42 Å². The van der Waals surface area contributed by atoms with Gasteiger partial charge < -0.3 is 10.1 Å². The molecule has 0 aromatic heterocycles. The Morgan fingerprint density at radius 1 is 1.09 bits per heavy atom. The molecule has 0 heterocycles. The molecule has 0 aliphatic carbocycles. The minimum Gasteiger partial charge on any atom is -0.495 e. The lowest BCUT2D eigenvalue weighted by Crippen LogP contribution is -2.13. The number of carbonyl (C=O) groups excluding carboxylic acids is 1. The Labute approximate surface area is 188 Å². The number of anilines is 2. The Bertz CT molecular complexity index is 1320. The Hall–Kier alpha value is -4.25. The molecular formula is C22H18FN3O6S. The topological polar surface area (TPSA) is 128 Å². The summed E-state index contributed by atoms with van der Waals surface area (Å²) in [5.41, 5.74) is 0.130. The van der Waals surface area contributed by atoms with Crippen molar-refractivity contribution in [2.45, 2.75) is 4.90 Å². The molecule has 0 unspecified atom stereocenters. The highest BCUT2D eigenvalue weighted by Gasteiger charge is 2.16. The van der Waals surface area contributed by atoms with Gasteiger partial charge >= 0.3 is 5.69 Å². The van der Waals surface area contributed by atoms with Crippen molar-refractivity contribution < 1.29 is 27.3 Å². The first-order valence-electron chi connectivity index (χ1n) is 9.38. The van der Waals surface area contributed by atoms with Gasteiger partial charge in [0.05, 0.1) is 22.6 Å². The maximum atomic E-state index is 13.4. The molecule has 170 valence electrons. The molecular weight excluding hydrogens is 453 g/mol. The molecule has 0 saturated heterocycles. The number of nitrogens with one attached hydrogen (secondary N) is 2. The number of nitro benzene ring substituents is 1. The summed E-state index contributed by atoms with van der Waals surface area (Å²) in [5.74, 6) is -1.24. The number of hydrogen-bond donors (Lipinski definition) is 2. The number of sulfonamides is 1. The molecule has 0 atom stereocenters. The summed E-state index contributed by atoms with van der Waals surface area (Å²) in [6.45, 7) is 0. The highest BCUT2D eigenvalue weighted by Crippen LogP contribution is 2.26. The Morgan fingerprint density at radius 3 is 2.45 bits per heavy atom. The van der Waals surface area contributed by atoms with Gasteiger partial charge in [0.1, 0.15) is 5.75 Å². The molecule has 3 aromatic rings. The van der Waals surface area contributed by atoms with Crippen LogP contribution >= 0.6 is 0 Å². The van der Waals surface area contributed by atoms with Gasteiger partial charge in [-0.05, 0) is 48.0 Å². The van der Waals surface area contributed by atoms with Gasteiger partial charge in [0.15, 0.2) is 0 Å². The van der Waals surface area contributed by atoms with Crippen LogP contribution in [0.3, 0.4) is 0 Å². The zero-order chi connectivity index (χ0) is 24.0. The number of nitrogens with zero attached hydrogens (tertiary/aromatic N) is 1. The first-order valence-corrected chi connectivity index (χ1v) is 10.9. The summed E-state index contributed by atoms with van der Waals surface area (Å²) >= 11 is 0. The number of hydrogen-bond acceptors (Lipinski definition) is 6. The van der Waals surface area contributed by atoms with E-state index >= 15 is 0 Å². The van der Waals surface area contributed by atoms with Crippen molar-refractivity contribution in [3.63, 3.8) is 0 Å². The van der Waals surface area contributed by atoms with Crippen LogP contribution in [0.2, 0.25) is 0 Å². The minimum atomic E-state index is -3.87. The third-order valence-electron chi connectivity index (χ3n) is 4.38. The predicted octanol–water partition coefficient (Wildman–Crippen LogP) is 4.20. The highest BCUT2D eigenvalue weighted by molar-refractivity contribution is 7.92. The number of para-hydroxylation sites is 2. The Balaban J connectivity index is 1.68. The maximum Gasteiger partial charge on any atom is 0.306 e. The van der Waals surface area contributed by atoms with Crippen LogP contribution in [-0.4, -0.2) is 26.4 Å². The zero-order valence-electron chi connectivity index (χ0n) is 17.2. The average molecular weight is 471 g/mol. The second-order valence-corrected chi connectivity index (χ2v) is 8.30. The largest absolute Gasteiger partial charge is 0.495 e. The molecule has 3 rings (SSSR count). The van der Waals surface area contributed by atoms with Crippen molar-refractivity contribution in [3.05, 3.63) is 94.3 Å². The van der Waals surface area contributed by atoms with E-state index in [1.807, 2.05) is 0 Å².